The molecule has 2 aromatic carbocycles. The van der Waals surface area contributed by atoms with Gasteiger partial charge in [-0.15, -0.1) is 0 Å². The van der Waals surface area contributed by atoms with Crippen LogP contribution in [0.2, 0.25) is 0 Å². The molecule has 1 aliphatic carbocycles. The number of benzene rings is 2. The van der Waals surface area contributed by atoms with Gasteiger partial charge in [-0.05, 0) is 49.9 Å². The minimum atomic E-state index is -0.791. The molecule has 0 aromatic heterocycles. The highest BCUT2D eigenvalue weighted by Crippen LogP contribution is 2.49. The lowest BCUT2D eigenvalue weighted by atomic mass is 9.94. The number of carbonyl (C=O) groups is 2. The Morgan fingerprint density at radius 1 is 1.00 bits per heavy atom. The molecule has 5 heteroatoms. The lowest BCUT2D eigenvalue weighted by Gasteiger charge is -2.18. The van der Waals surface area contributed by atoms with Crippen molar-refractivity contribution in [3.05, 3.63) is 65.5 Å². The number of anilines is 1. The topological polar surface area (TPSA) is 49.4 Å². The van der Waals surface area contributed by atoms with Crippen LogP contribution in [-0.2, 0) is 10.2 Å². The third kappa shape index (κ3) is 2.98. The lowest BCUT2D eigenvalue weighted by molar-refractivity contribution is -0.118. The van der Waals surface area contributed by atoms with Crippen LogP contribution in [0, 0.1) is 5.82 Å². The van der Waals surface area contributed by atoms with Crippen molar-refractivity contribution in [1.82, 2.24) is 4.90 Å². The van der Waals surface area contributed by atoms with Gasteiger partial charge in [0.15, 0.2) is 0 Å². The van der Waals surface area contributed by atoms with Gasteiger partial charge >= 0.3 is 0 Å². The van der Waals surface area contributed by atoms with Gasteiger partial charge in [-0.1, -0.05) is 24.3 Å². The molecule has 1 saturated heterocycles. The summed E-state index contributed by atoms with van der Waals surface area (Å²) >= 11 is 0. The Labute approximate surface area is 152 Å². The molecular formula is C21H21FN2O2. The van der Waals surface area contributed by atoms with E-state index < -0.39 is 5.41 Å². The molecule has 0 atom stereocenters. The largest absolute Gasteiger partial charge is 0.339 e. The number of carbonyl (C=O) groups excluding carboxylic acids is 2. The summed E-state index contributed by atoms with van der Waals surface area (Å²) in [5.41, 5.74) is 0.797. The predicted octanol–water partition coefficient (Wildman–Crippen LogP) is 3.73. The molecule has 26 heavy (non-hydrogen) atoms. The smallest absolute Gasteiger partial charge is 0.253 e. The summed E-state index contributed by atoms with van der Waals surface area (Å²) in [5.74, 6) is -0.569. The highest BCUT2D eigenvalue weighted by atomic mass is 19.1. The first kappa shape index (κ1) is 16.8. The zero-order chi connectivity index (χ0) is 18.1. The first-order valence-electron chi connectivity index (χ1n) is 9.06. The van der Waals surface area contributed by atoms with E-state index in [9.17, 15) is 14.0 Å². The van der Waals surface area contributed by atoms with Crippen LogP contribution in [0.15, 0.2) is 48.5 Å². The molecule has 0 bridgehead atoms. The van der Waals surface area contributed by atoms with Gasteiger partial charge < -0.3 is 10.2 Å². The van der Waals surface area contributed by atoms with Crippen molar-refractivity contribution in [3.8, 4) is 0 Å². The summed E-state index contributed by atoms with van der Waals surface area (Å²) in [6.07, 6.45) is 3.33. The van der Waals surface area contributed by atoms with Crippen LogP contribution in [0.5, 0.6) is 0 Å². The SMILES string of the molecule is O=C(c1cccc(NC(=O)C2(c3ccccc3F)CC2)c1)N1CCCC1. The van der Waals surface area contributed by atoms with Crippen molar-refractivity contribution >= 4 is 17.5 Å². The highest BCUT2D eigenvalue weighted by Gasteiger charge is 2.52. The molecule has 0 radical (unpaired) electrons. The Bertz CT molecular complexity index is 855. The molecule has 0 spiro atoms. The molecule has 2 aliphatic rings. The van der Waals surface area contributed by atoms with E-state index in [1.54, 1.807) is 42.5 Å². The number of amides is 2. The summed E-state index contributed by atoms with van der Waals surface area (Å²) in [5, 5.41) is 2.88. The standard InChI is InChI=1S/C21H21FN2O2/c22-18-9-2-1-8-17(18)21(10-11-21)20(26)23-16-7-5-6-15(14-16)19(25)24-12-3-4-13-24/h1-2,5-9,14H,3-4,10-13H2,(H,23,26). The quantitative estimate of drug-likeness (QED) is 0.911. The molecule has 4 rings (SSSR count). The first-order valence-corrected chi connectivity index (χ1v) is 9.06. The summed E-state index contributed by atoms with van der Waals surface area (Å²) in [4.78, 5) is 27.2. The van der Waals surface area contributed by atoms with E-state index in [0.29, 0.717) is 29.7 Å². The fourth-order valence-electron chi connectivity index (χ4n) is 3.68. The minimum Gasteiger partial charge on any atom is -0.339 e. The maximum Gasteiger partial charge on any atom is 0.253 e. The molecule has 4 nitrogen and oxygen atoms in total. The Hall–Kier alpha value is -2.69. The molecule has 1 aliphatic heterocycles. The van der Waals surface area contributed by atoms with Gasteiger partial charge in [0.25, 0.3) is 5.91 Å². The van der Waals surface area contributed by atoms with E-state index in [1.807, 2.05) is 4.90 Å². The number of nitrogens with zero attached hydrogens (tertiary/aromatic N) is 1. The van der Waals surface area contributed by atoms with Crippen molar-refractivity contribution in [2.45, 2.75) is 31.1 Å². The second kappa shape index (κ2) is 6.56. The maximum absolute atomic E-state index is 14.1. The van der Waals surface area contributed by atoms with Crippen LogP contribution < -0.4 is 5.32 Å². The molecule has 1 heterocycles. The molecule has 2 amide bonds. The second-order valence-corrected chi connectivity index (χ2v) is 7.10. The fraction of sp³-hybridized carbons (Fsp3) is 0.333. The Morgan fingerprint density at radius 3 is 2.42 bits per heavy atom. The zero-order valence-corrected chi connectivity index (χ0v) is 14.5. The average molecular weight is 352 g/mol. The van der Waals surface area contributed by atoms with Crippen LogP contribution >= 0.6 is 0 Å². The molecule has 0 unspecified atom stereocenters. The summed E-state index contributed by atoms with van der Waals surface area (Å²) in [7, 11) is 0. The molecular weight excluding hydrogens is 331 g/mol. The molecule has 1 saturated carbocycles. The summed E-state index contributed by atoms with van der Waals surface area (Å²) in [6.45, 7) is 1.57. The molecule has 2 fully saturated rings. The fourth-order valence-corrected chi connectivity index (χ4v) is 3.68. The molecule has 134 valence electrons. The van der Waals surface area contributed by atoms with Crippen LogP contribution in [0.1, 0.15) is 41.6 Å². The summed E-state index contributed by atoms with van der Waals surface area (Å²) in [6, 6.07) is 13.4. The first-order chi connectivity index (χ1) is 12.6. The van der Waals surface area contributed by atoms with Gasteiger partial charge in [0, 0.05) is 29.9 Å². The van der Waals surface area contributed by atoms with E-state index in [2.05, 4.69) is 5.32 Å². The van der Waals surface area contributed by atoms with E-state index in [-0.39, 0.29) is 17.6 Å². The van der Waals surface area contributed by atoms with Crippen molar-refractivity contribution in [2.75, 3.05) is 18.4 Å². The Balaban J connectivity index is 1.52. The van der Waals surface area contributed by atoms with Crippen molar-refractivity contribution in [2.24, 2.45) is 0 Å². The van der Waals surface area contributed by atoms with Crippen molar-refractivity contribution in [3.63, 3.8) is 0 Å². The van der Waals surface area contributed by atoms with Crippen LogP contribution in [0.4, 0.5) is 10.1 Å². The molecule has 2 aromatic rings. The predicted molar refractivity (Wildman–Crippen MR) is 97.5 cm³/mol. The number of nitrogens with one attached hydrogen (secondary N) is 1. The second-order valence-electron chi connectivity index (χ2n) is 7.10. The number of rotatable bonds is 4. The van der Waals surface area contributed by atoms with E-state index in [1.165, 1.54) is 6.07 Å². The average Bonchev–Trinajstić information content (AvgIpc) is 3.28. The number of likely N-dealkylation sites (tertiary alicyclic amines) is 1. The van der Waals surface area contributed by atoms with Gasteiger partial charge in [0.2, 0.25) is 5.91 Å². The number of hydrogen-bond donors (Lipinski definition) is 1. The Kier molecular flexibility index (Phi) is 4.23. The third-order valence-corrected chi connectivity index (χ3v) is 5.33. The van der Waals surface area contributed by atoms with Crippen LogP contribution in [0.3, 0.4) is 0 Å². The number of halogens is 1. The lowest BCUT2D eigenvalue weighted by Crippen LogP contribution is -2.29. The van der Waals surface area contributed by atoms with Crippen LogP contribution in [-0.4, -0.2) is 29.8 Å². The van der Waals surface area contributed by atoms with Gasteiger partial charge in [-0.3, -0.25) is 9.59 Å². The third-order valence-electron chi connectivity index (χ3n) is 5.33. The Morgan fingerprint density at radius 2 is 1.73 bits per heavy atom. The van der Waals surface area contributed by atoms with Crippen molar-refractivity contribution in [1.29, 1.82) is 0 Å². The van der Waals surface area contributed by atoms with Gasteiger partial charge in [0.05, 0.1) is 5.41 Å². The minimum absolute atomic E-state index is 0.00571. The van der Waals surface area contributed by atoms with E-state index >= 15 is 0 Å². The van der Waals surface area contributed by atoms with Crippen molar-refractivity contribution < 1.29 is 14.0 Å². The number of hydrogen-bond acceptors (Lipinski definition) is 2. The van der Waals surface area contributed by atoms with Gasteiger partial charge in [-0.25, -0.2) is 4.39 Å². The normalized spacial score (nSPS) is 17.8. The van der Waals surface area contributed by atoms with E-state index in [4.69, 9.17) is 0 Å². The van der Waals surface area contributed by atoms with E-state index in [0.717, 1.165) is 25.9 Å². The molecule has 1 N–H and O–H groups in total. The van der Waals surface area contributed by atoms with Gasteiger partial charge in [0.1, 0.15) is 5.82 Å². The monoisotopic (exact) mass is 352 g/mol. The van der Waals surface area contributed by atoms with Crippen LogP contribution in [0.25, 0.3) is 0 Å². The van der Waals surface area contributed by atoms with Gasteiger partial charge in [-0.2, -0.15) is 0 Å². The summed E-state index contributed by atoms with van der Waals surface area (Å²) < 4.78 is 14.1. The maximum atomic E-state index is 14.1. The zero-order valence-electron chi connectivity index (χ0n) is 14.5. The highest BCUT2D eigenvalue weighted by molar-refractivity contribution is 6.02.